The third-order valence-electron chi connectivity index (χ3n) is 5.57. The highest BCUT2D eigenvalue weighted by Crippen LogP contribution is 2.37. The molecule has 1 fully saturated rings. The van der Waals surface area contributed by atoms with Crippen LogP contribution in [0, 0.1) is 0 Å². The molecule has 140 valence electrons. The molecule has 0 spiro atoms. The van der Waals surface area contributed by atoms with Gasteiger partial charge in [0.1, 0.15) is 17.3 Å². The maximum atomic E-state index is 5.89. The molecular formula is C21H30N4O. The number of nitrogens with one attached hydrogen (secondary N) is 1. The number of anilines is 1. The van der Waals surface area contributed by atoms with Gasteiger partial charge in [0.2, 0.25) is 0 Å². The van der Waals surface area contributed by atoms with Gasteiger partial charge in [-0.15, -0.1) is 0 Å². The first-order valence-corrected chi connectivity index (χ1v) is 10.0. The van der Waals surface area contributed by atoms with Crippen LogP contribution >= 0.6 is 0 Å². The summed E-state index contributed by atoms with van der Waals surface area (Å²) >= 11 is 0. The number of hydrogen-bond donors (Lipinski definition) is 1. The van der Waals surface area contributed by atoms with Crippen molar-refractivity contribution in [3.05, 3.63) is 35.5 Å². The average Bonchev–Trinajstić information content (AvgIpc) is 2.84. The molecule has 2 aromatic rings. The van der Waals surface area contributed by atoms with Crippen molar-refractivity contribution >= 4 is 5.82 Å². The first-order chi connectivity index (χ1) is 12.8. The van der Waals surface area contributed by atoms with Gasteiger partial charge in [0.25, 0.3) is 0 Å². The SMILES string of the molecule is CCOc1ccccc1-n1nc(C2CCCN(C)C2)c2c1NCCCC2. The molecule has 5 heteroatoms. The molecule has 1 aromatic carbocycles. The highest BCUT2D eigenvalue weighted by Gasteiger charge is 2.29. The first kappa shape index (κ1) is 17.4. The molecule has 0 saturated carbocycles. The molecule has 1 N–H and O–H groups in total. The summed E-state index contributed by atoms with van der Waals surface area (Å²) in [6.45, 7) is 6.01. The maximum Gasteiger partial charge on any atom is 0.145 e. The zero-order valence-corrected chi connectivity index (χ0v) is 16.0. The fraction of sp³-hybridized carbons (Fsp3) is 0.571. The summed E-state index contributed by atoms with van der Waals surface area (Å²) in [7, 11) is 2.23. The molecule has 1 unspecified atom stereocenters. The van der Waals surface area contributed by atoms with Crippen LogP contribution in [0.1, 0.15) is 49.8 Å². The minimum atomic E-state index is 0.530. The van der Waals surface area contributed by atoms with E-state index in [2.05, 4.69) is 34.1 Å². The average molecular weight is 354 g/mol. The summed E-state index contributed by atoms with van der Waals surface area (Å²) in [5, 5.41) is 8.82. The molecule has 0 bridgehead atoms. The van der Waals surface area contributed by atoms with Crippen LogP contribution in [0.5, 0.6) is 5.75 Å². The van der Waals surface area contributed by atoms with E-state index in [4.69, 9.17) is 9.84 Å². The Morgan fingerprint density at radius 1 is 1.23 bits per heavy atom. The van der Waals surface area contributed by atoms with Crippen LogP contribution in [0.2, 0.25) is 0 Å². The topological polar surface area (TPSA) is 42.3 Å². The van der Waals surface area contributed by atoms with Gasteiger partial charge in [-0.3, -0.25) is 0 Å². The van der Waals surface area contributed by atoms with Crippen LogP contribution in [0.4, 0.5) is 5.82 Å². The number of para-hydroxylation sites is 2. The monoisotopic (exact) mass is 354 g/mol. The van der Waals surface area contributed by atoms with Crippen molar-refractivity contribution in [2.45, 2.75) is 44.9 Å². The summed E-state index contributed by atoms with van der Waals surface area (Å²) in [5.41, 5.74) is 3.76. The number of likely N-dealkylation sites (tertiary alicyclic amines) is 1. The van der Waals surface area contributed by atoms with Crippen molar-refractivity contribution in [2.24, 2.45) is 0 Å². The van der Waals surface area contributed by atoms with E-state index in [9.17, 15) is 0 Å². The van der Waals surface area contributed by atoms with Crippen molar-refractivity contribution in [3.8, 4) is 11.4 Å². The fourth-order valence-electron chi connectivity index (χ4n) is 4.33. The number of nitrogens with zero attached hydrogens (tertiary/aromatic N) is 3. The number of fused-ring (bicyclic) bond motifs is 1. The van der Waals surface area contributed by atoms with Crippen molar-refractivity contribution < 1.29 is 4.74 Å². The Morgan fingerprint density at radius 3 is 2.96 bits per heavy atom. The maximum absolute atomic E-state index is 5.89. The van der Waals surface area contributed by atoms with Crippen LogP contribution < -0.4 is 10.1 Å². The predicted octanol–water partition coefficient (Wildman–Crippen LogP) is 3.83. The third kappa shape index (κ3) is 3.32. The van der Waals surface area contributed by atoms with E-state index in [1.165, 1.54) is 49.3 Å². The Kier molecular flexibility index (Phi) is 5.16. The van der Waals surface area contributed by atoms with E-state index >= 15 is 0 Å². The summed E-state index contributed by atoms with van der Waals surface area (Å²) in [6.07, 6.45) is 6.06. The molecule has 3 heterocycles. The van der Waals surface area contributed by atoms with E-state index in [1.54, 1.807) is 0 Å². The van der Waals surface area contributed by atoms with Crippen LogP contribution in [0.15, 0.2) is 24.3 Å². The van der Waals surface area contributed by atoms with Crippen molar-refractivity contribution in [1.29, 1.82) is 0 Å². The Bertz CT molecular complexity index is 754. The van der Waals surface area contributed by atoms with Crippen LogP contribution in [0.3, 0.4) is 0 Å². The Morgan fingerprint density at radius 2 is 2.12 bits per heavy atom. The highest BCUT2D eigenvalue weighted by molar-refractivity contribution is 5.58. The first-order valence-electron chi connectivity index (χ1n) is 10.0. The van der Waals surface area contributed by atoms with Crippen LogP contribution in [0.25, 0.3) is 5.69 Å². The molecule has 0 radical (unpaired) electrons. The van der Waals surface area contributed by atoms with Gasteiger partial charge in [-0.25, -0.2) is 4.68 Å². The molecule has 0 aliphatic carbocycles. The summed E-state index contributed by atoms with van der Waals surface area (Å²) in [4.78, 5) is 2.44. The van der Waals surface area contributed by atoms with Crippen molar-refractivity contribution in [1.82, 2.24) is 14.7 Å². The Labute approximate surface area is 156 Å². The lowest BCUT2D eigenvalue weighted by Crippen LogP contribution is -2.31. The number of aromatic nitrogens is 2. The lowest BCUT2D eigenvalue weighted by Gasteiger charge is -2.29. The minimum Gasteiger partial charge on any atom is -0.492 e. The Balaban J connectivity index is 1.80. The standard InChI is InChI=1S/C21H30N4O/c1-3-26-19-12-5-4-11-18(19)25-21-17(10-6-7-13-22-21)20(23-25)16-9-8-14-24(2)15-16/h4-5,11-12,16,22H,3,6-10,13-15H2,1-2H3. The molecule has 4 rings (SSSR count). The fourth-order valence-corrected chi connectivity index (χ4v) is 4.33. The summed E-state index contributed by atoms with van der Waals surface area (Å²) in [6, 6.07) is 8.25. The van der Waals surface area contributed by atoms with Crippen LogP contribution in [-0.4, -0.2) is 48.0 Å². The second-order valence-electron chi connectivity index (χ2n) is 7.51. The van der Waals surface area contributed by atoms with E-state index in [1.807, 2.05) is 19.1 Å². The number of piperidine rings is 1. The van der Waals surface area contributed by atoms with Gasteiger partial charge in [0, 0.05) is 24.6 Å². The van der Waals surface area contributed by atoms with Gasteiger partial charge in [-0.1, -0.05) is 12.1 Å². The molecule has 26 heavy (non-hydrogen) atoms. The van der Waals surface area contributed by atoms with E-state index in [0.717, 1.165) is 30.9 Å². The predicted molar refractivity (Wildman–Crippen MR) is 106 cm³/mol. The highest BCUT2D eigenvalue weighted by atomic mass is 16.5. The van der Waals surface area contributed by atoms with E-state index < -0.39 is 0 Å². The molecule has 1 aromatic heterocycles. The zero-order valence-electron chi connectivity index (χ0n) is 16.0. The number of benzene rings is 1. The van der Waals surface area contributed by atoms with Gasteiger partial charge in [0.15, 0.2) is 0 Å². The van der Waals surface area contributed by atoms with Gasteiger partial charge in [-0.05, 0) is 64.8 Å². The van der Waals surface area contributed by atoms with Crippen molar-refractivity contribution in [3.63, 3.8) is 0 Å². The molecule has 1 atom stereocenters. The Hall–Kier alpha value is -2.01. The van der Waals surface area contributed by atoms with Crippen LogP contribution in [-0.2, 0) is 6.42 Å². The molecule has 0 amide bonds. The van der Waals surface area contributed by atoms with Crippen molar-refractivity contribution in [2.75, 3.05) is 38.6 Å². The summed E-state index contributed by atoms with van der Waals surface area (Å²) < 4.78 is 8.00. The molecular weight excluding hydrogens is 324 g/mol. The second-order valence-corrected chi connectivity index (χ2v) is 7.51. The third-order valence-corrected chi connectivity index (χ3v) is 5.57. The van der Waals surface area contributed by atoms with E-state index in [-0.39, 0.29) is 0 Å². The lowest BCUT2D eigenvalue weighted by atomic mass is 9.91. The largest absolute Gasteiger partial charge is 0.492 e. The molecule has 2 aliphatic heterocycles. The zero-order chi connectivity index (χ0) is 17.9. The minimum absolute atomic E-state index is 0.530. The molecule has 2 aliphatic rings. The number of likely N-dealkylation sites (N-methyl/N-ethyl adjacent to an activating group) is 1. The number of hydrogen-bond acceptors (Lipinski definition) is 4. The van der Waals surface area contributed by atoms with E-state index in [0.29, 0.717) is 12.5 Å². The van der Waals surface area contributed by atoms with Gasteiger partial charge in [-0.2, -0.15) is 5.10 Å². The smallest absolute Gasteiger partial charge is 0.145 e. The molecule has 5 nitrogen and oxygen atoms in total. The normalized spacial score (nSPS) is 20.9. The van der Waals surface area contributed by atoms with Gasteiger partial charge in [0.05, 0.1) is 12.3 Å². The quantitative estimate of drug-likeness (QED) is 0.906. The molecule has 1 saturated heterocycles. The van der Waals surface area contributed by atoms with Gasteiger partial charge >= 0.3 is 0 Å². The summed E-state index contributed by atoms with van der Waals surface area (Å²) in [5.74, 6) is 2.61. The number of rotatable bonds is 4. The second kappa shape index (κ2) is 7.70. The van der Waals surface area contributed by atoms with Gasteiger partial charge < -0.3 is 15.0 Å². The lowest BCUT2D eigenvalue weighted by molar-refractivity contribution is 0.247. The number of ether oxygens (including phenoxy) is 1.